The van der Waals surface area contributed by atoms with E-state index in [-0.39, 0.29) is 0 Å². The minimum absolute atomic E-state index is 0.807. The van der Waals surface area contributed by atoms with Crippen molar-refractivity contribution in [2.45, 2.75) is 324 Å². The molecule has 117 heavy (non-hydrogen) atoms. The highest BCUT2D eigenvalue weighted by molar-refractivity contribution is 5.75. The molecular formula is C66H110N6O45. The van der Waals surface area contributed by atoms with Gasteiger partial charge in [-0.05, 0) is 6.92 Å². The van der Waals surface area contributed by atoms with Crippen molar-refractivity contribution < 1.29 is 222 Å². The van der Waals surface area contributed by atoms with Gasteiger partial charge in [0.25, 0.3) is 0 Å². The Balaban J connectivity index is 1.04. The second kappa shape index (κ2) is 42.1. The van der Waals surface area contributed by atoms with E-state index >= 15 is 0 Å². The van der Waals surface area contributed by atoms with Gasteiger partial charge in [-0.15, -0.1) is 0 Å². The van der Waals surface area contributed by atoms with Gasteiger partial charge in [-0.1, -0.05) is 0 Å². The van der Waals surface area contributed by atoms with Crippen LogP contribution in [0, 0.1) is 0 Å². The molecule has 9 aliphatic heterocycles. The van der Waals surface area contributed by atoms with E-state index in [1.807, 2.05) is 0 Å². The van der Waals surface area contributed by atoms with Crippen molar-refractivity contribution in [3.63, 3.8) is 0 Å². The lowest BCUT2D eigenvalue weighted by Crippen LogP contribution is -2.72. The number of carbonyl (C=O) groups excluding carboxylic acids is 6. The van der Waals surface area contributed by atoms with Gasteiger partial charge in [-0.3, -0.25) is 28.8 Å². The van der Waals surface area contributed by atoms with Gasteiger partial charge in [0.05, 0.1) is 59.0 Å². The minimum Gasteiger partial charge on any atom is -0.394 e. The number of rotatable bonds is 30. The maximum atomic E-state index is 13.3. The summed E-state index contributed by atoms with van der Waals surface area (Å²) in [4.78, 5) is 76.7. The van der Waals surface area contributed by atoms with Crippen molar-refractivity contribution >= 4 is 35.4 Å². The summed E-state index contributed by atoms with van der Waals surface area (Å²) in [5.41, 5.74) is 0. The van der Waals surface area contributed by atoms with Crippen LogP contribution in [0.4, 0.5) is 0 Å². The number of hydrogen-bond donors (Lipinski definition) is 28. The zero-order chi connectivity index (χ0) is 86.4. The van der Waals surface area contributed by atoms with Crippen LogP contribution in [-0.2, 0) is 109 Å². The molecule has 9 heterocycles. The van der Waals surface area contributed by atoms with Crippen molar-refractivity contribution in [3.8, 4) is 0 Å². The fraction of sp³-hybridized carbons (Fsp3) is 0.909. The lowest BCUT2D eigenvalue weighted by Gasteiger charge is -2.52. The Labute approximate surface area is 664 Å². The normalized spacial score (nSPS) is 47.2. The molecule has 9 saturated heterocycles. The predicted molar refractivity (Wildman–Crippen MR) is 365 cm³/mol. The quantitative estimate of drug-likeness (QED) is 0.0318. The van der Waals surface area contributed by atoms with Crippen LogP contribution in [0.2, 0.25) is 0 Å². The highest BCUT2D eigenvalue weighted by atomic mass is 16.8. The van der Waals surface area contributed by atoms with E-state index in [1.165, 1.54) is 6.92 Å². The number of ether oxygens (including phenoxy) is 17. The zero-order valence-corrected chi connectivity index (χ0v) is 63.9. The first kappa shape index (κ1) is 96.1. The highest BCUT2D eigenvalue weighted by Crippen LogP contribution is 2.41. The van der Waals surface area contributed by atoms with Gasteiger partial charge in [-0.25, -0.2) is 0 Å². The molecule has 0 aliphatic carbocycles. The molecule has 9 aliphatic rings. The predicted octanol–water partition coefficient (Wildman–Crippen LogP) is -18.7. The van der Waals surface area contributed by atoms with Crippen molar-refractivity contribution in [1.82, 2.24) is 31.9 Å². The maximum Gasteiger partial charge on any atom is 0.217 e. The first-order valence-electron chi connectivity index (χ1n) is 37.5. The summed E-state index contributed by atoms with van der Waals surface area (Å²) in [5, 5.41) is 262. The van der Waals surface area contributed by atoms with E-state index in [0.717, 1.165) is 41.5 Å². The lowest BCUT2D eigenvalue weighted by molar-refractivity contribution is -0.403. The Morgan fingerprint density at radius 1 is 0.239 bits per heavy atom. The van der Waals surface area contributed by atoms with Crippen LogP contribution in [0.3, 0.4) is 0 Å². The molecule has 9 rings (SSSR count). The minimum atomic E-state index is -2.54. The number of aliphatic hydroxyl groups excluding tert-OH is 22. The molecule has 28 N–H and O–H groups in total. The number of hydrogen-bond acceptors (Lipinski definition) is 45. The molecule has 0 radical (unpaired) electrons. The zero-order valence-electron chi connectivity index (χ0n) is 63.9. The van der Waals surface area contributed by atoms with E-state index in [2.05, 4.69) is 31.9 Å². The molecule has 6 amide bonds. The molecule has 0 aromatic heterocycles. The van der Waals surface area contributed by atoms with E-state index in [9.17, 15) is 141 Å². The monoisotopic (exact) mass is 1710 g/mol. The van der Waals surface area contributed by atoms with Gasteiger partial charge in [0.15, 0.2) is 56.6 Å². The van der Waals surface area contributed by atoms with Crippen LogP contribution in [0.15, 0.2) is 0 Å². The first-order chi connectivity index (χ1) is 55.3. The second-order valence-electron chi connectivity index (χ2n) is 29.6. The van der Waals surface area contributed by atoms with Gasteiger partial charge >= 0.3 is 0 Å². The fourth-order valence-electron chi connectivity index (χ4n) is 15.2. The van der Waals surface area contributed by atoms with Gasteiger partial charge in [0, 0.05) is 41.5 Å². The fourth-order valence-corrected chi connectivity index (χ4v) is 15.2. The molecular weight excluding hydrogens is 1600 g/mol. The van der Waals surface area contributed by atoms with E-state index in [1.54, 1.807) is 0 Å². The average molecular weight is 1710 g/mol. The van der Waals surface area contributed by atoms with E-state index in [4.69, 9.17) is 80.5 Å². The summed E-state index contributed by atoms with van der Waals surface area (Å²) in [5.74, 6) is -5.33. The summed E-state index contributed by atoms with van der Waals surface area (Å²) in [6.45, 7) is -1.56. The number of aliphatic hydroxyl groups is 22. The summed E-state index contributed by atoms with van der Waals surface area (Å²) in [6.07, 6.45) is -78.5. The molecule has 9 fully saturated rings. The first-order valence-corrected chi connectivity index (χ1v) is 37.5. The summed E-state index contributed by atoms with van der Waals surface area (Å²) in [7, 11) is 0. The van der Waals surface area contributed by atoms with Crippen LogP contribution >= 0.6 is 0 Å². The molecule has 1 unspecified atom stereocenters. The molecule has 674 valence electrons. The Morgan fingerprint density at radius 2 is 0.513 bits per heavy atom. The Bertz CT molecular complexity index is 3210. The molecule has 0 aromatic carbocycles. The largest absolute Gasteiger partial charge is 0.394 e. The number of carbonyl (C=O) groups is 6. The molecule has 0 saturated carbocycles. The smallest absolute Gasteiger partial charge is 0.217 e. The number of amides is 6. The molecule has 51 nitrogen and oxygen atoms in total. The van der Waals surface area contributed by atoms with Crippen LogP contribution < -0.4 is 31.9 Å². The standard InChI is InChI=1S/C66H110N6O45/c1-16-37(86)47(96)48(97)64(102-16)101-15-30-55(43(92)31(58(100)103-30)67-17(2)80)114-62-35(71-21(6)84)46(95)53(28(13-78)108-62)115-65-50(99)56(40(89)25(10-75)106-65)116-66-57(117-63-36(72-22(7)85)45(94)52(27(12-77)109-63)112-60-33(69-19(4)82)42(91)39(88)24(9-74)105-60)49(98)54(29(14-79)110-66)113-61-34(70-20(5)83)44(93)51(26(11-76)107-61)111-59-32(68-18(3)81)41(90)38(87)23(8-73)104-59/h16,23-66,73-79,86-100H,8-15H2,1-7H3,(H,67,80)(H,68,81)(H,69,82)(H,70,83)(H,71,84)(H,72,85)/t16-,23+,24+,25+,26+,27+,28+,29+,30+,31+,32+,33+,34+,35+,36+,37+,38-,39-,40+,41+,42+,43+,44+,45+,46+,47+,48-,49-,50-,51+,52+,53+,54+,55+,56-,57-,58?,59-,60-,61-,62-,63-,64+,65-,66+/m0/s1. The van der Waals surface area contributed by atoms with Crippen LogP contribution in [0.5, 0.6) is 0 Å². The molecule has 0 spiro atoms. The van der Waals surface area contributed by atoms with Crippen LogP contribution in [0.25, 0.3) is 0 Å². The van der Waals surface area contributed by atoms with Gasteiger partial charge in [0.1, 0.15) is 213 Å². The third-order valence-electron chi connectivity index (χ3n) is 21.1. The average Bonchev–Trinajstić information content (AvgIpc) is 0.767. The summed E-state index contributed by atoms with van der Waals surface area (Å²) < 4.78 is 102. The van der Waals surface area contributed by atoms with Gasteiger partial charge in [0.2, 0.25) is 35.4 Å². The molecule has 0 bridgehead atoms. The van der Waals surface area contributed by atoms with Crippen molar-refractivity contribution in [2.75, 3.05) is 52.9 Å². The Hall–Kier alpha value is -4.74. The van der Waals surface area contributed by atoms with Crippen LogP contribution in [0.1, 0.15) is 48.5 Å². The molecule has 45 atom stereocenters. The van der Waals surface area contributed by atoms with E-state index < -0.39 is 364 Å². The number of nitrogens with one attached hydrogen (secondary N) is 6. The second-order valence-corrected chi connectivity index (χ2v) is 29.6. The molecule has 51 heteroatoms. The lowest BCUT2D eigenvalue weighted by atomic mass is 9.93. The summed E-state index contributed by atoms with van der Waals surface area (Å²) >= 11 is 0. The Kier molecular flexibility index (Phi) is 34.6. The van der Waals surface area contributed by atoms with Crippen molar-refractivity contribution in [3.05, 3.63) is 0 Å². The molecule has 0 aromatic rings. The van der Waals surface area contributed by atoms with Crippen molar-refractivity contribution in [1.29, 1.82) is 0 Å². The van der Waals surface area contributed by atoms with Gasteiger partial charge in [-0.2, -0.15) is 0 Å². The highest BCUT2D eigenvalue weighted by Gasteiger charge is 2.62. The topological polar surface area (TPSA) is 777 Å². The third kappa shape index (κ3) is 21.9. The Morgan fingerprint density at radius 3 is 0.872 bits per heavy atom. The SMILES string of the molecule is CC(=O)N[C@H]1[C@H](O[C@H]2[C@H](O)[C@@H](NC(C)=O)C(O)O[C@@H]2CO[C@@H]2O[C@@H](C)[C@@H](O)[C@@H](O)[C@@H]2O)O[C@H](CO)[C@@H](O[C@@H]2O[C@H](CO)[C@@H](O)[C@H](O[C@H]3O[C@H](CO)[C@@H](O[C@@H]4O[C@H](CO)[C@@H](O[C@@H]5O[C@H](CO)[C@H](O)[C@H](O)[C@H]5NC(C)=O)[C@H](O)[C@H]4NC(C)=O)[C@H](O)[C@@H]3O[C@@H]3O[C@H](CO)[C@@H](O[C@@H]4O[C@H](CO)[C@H](O)[C@H](O)[C@H]4NC(C)=O)[C@H](O)[C@H]3NC(C)=O)[C@@H]2O)[C@@H]1O. The van der Waals surface area contributed by atoms with Crippen LogP contribution in [-0.4, -0.2) is 477 Å². The summed E-state index contributed by atoms with van der Waals surface area (Å²) in [6, 6.07) is -11.0. The van der Waals surface area contributed by atoms with E-state index in [0.29, 0.717) is 0 Å². The third-order valence-corrected chi connectivity index (χ3v) is 21.1. The maximum absolute atomic E-state index is 13.3. The van der Waals surface area contributed by atoms with Gasteiger partial charge < -0.3 is 225 Å². The van der Waals surface area contributed by atoms with Crippen molar-refractivity contribution in [2.24, 2.45) is 0 Å².